The second kappa shape index (κ2) is 9.71. The molecule has 7 heteroatoms. The summed E-state index contributed by atoms with van der Waals surface area (Å²) in [5, 5.41) is 3.00. The molecule has 1 aromatic carbocycles. The summed E-state index contributed by atoms with van der Waals surface area (Å²) in [6.45, 7) is 2.44. The van der Waals surface area contributed by atoms with E-state index in [-0.39, 0.29) is 36.6 Å². The van der Waals surface area contributed by atoms with E-state index in [1.165, 1.54) is 0 Å². The van der Waals surface area contributed by atoms with Gasteiger partial charge >= 0.3 is 0 Å². The van der Waals surface area contributed by atoms with E-state index in [0.29, 0.717) is 24.5 Å². The van der Waals surface area contributed by atoms with Crippen molar-refractivity contribution in [2.24, 2.45) is 5.73 Å². The zero-order valence-electron chi connectivity index (χ0n) is 14.4. The van der Waals surface area contributed by atoms with Crippen LogP contribution in [0.15, 0.2) is 18.2 Å². The molecule has 0 bridgehead atoms. The van der Waals surface area contributed by atoms with Gasteiger partial charge < -0.3 is 25.3 Å². The molecule has 0 aromatic heterocycles. The molecule has 1 aliphatic heterocycles. The van der Waals surface area contributed by atoms with Crippen molar-refractivity contribution in [3.8, 4) is 11.5 Å². The third kappa shape index (κ3) is 5.26. The Bertz CT molecular complexity index is 541. The van der Waals surface area contributed by atoms with Gasteiger partial charge in [-0.15, -0.1) is 12.4 Å². The molecule has 0 saturated carbocycles. The molecular weight excluding hydrogens is 332 g/mol. The van der Waals surface area contributed by atoms with Gasteiger partial charge in [-0.05, 0) is 43.9 Å². The summed E-state index contributed by atoms with van der Waals surface area (Å²) in [4.78, 5) is 12.2. The smallest absolute Gasteiger partial charge is 0.249 e. The van der Waals surface area contributed by atoms with E-state index < -0.39 is 0 Å². The first kappa shape index (κ1) is 20.5. The lowest BCUT2D eigenvalue weighted by atomic mass is 10.1. The van der Waals surface area contributed by atoms with Crippen LogP contribution in [0, 0.1) is 0 Å². The minimum atomic E-state index is -0.378. The van der Waals surface area contributed by atoms with Crippen molar-refractivity contribution in [3.63, 3.8) is 0 Å². The maximum Gasteiger partial charge on any atom is 0.249 e. The Morgan fingerprint density at radius 1 is 1.33 bits per heavy atom. The summed E-state index contributed by atoms with van der Waals surface area (Å²) in [6.07, 6.45) is 1.91. The molecule has 1 aromatic rings. The van der Waals surface area contributed by atoms with Crippen molar-refractivity contribution in [3.05, 3.63) is 23.8 Å². The molecule has 1 amide bonds. The number of rotatable bonds is 7. The highest BCUT2D eigenvalue weighted by atomic mass is 35.5. The predicted molar refractivity (Wildman–Crippen MR) is 95.1 cm³/mol. The second-order valence-corrected chi connectivity index (χ2v) is 5.86. The van der Waals surface area contributed by atoms with Gasteiger partial charge in [-0.25, -0.2) is 0 Å². The molecule has 0 spiro atoms. The second-order valence-electron chi connectivity index (χ2n) is 5.86. The fourth-order valence-electron chi connectivity index (χ4n) is 2.82. The number of hydrogen-bond donors (Lipinski definition) is 2. The van der Waals surface area contributed by atoms with Crippen LogP contribution in [0.25, 0.3) is 0 Å². The number of ether oxygens (including phenoxy) is 3. The Kier molecular flexibility index (Phi) is 8.31. The normalized spacial score (nSPS) is 20.8. The van der Waals surface area contributed by atoms with Crippen LogP contribution >= 0.6 is 12.4 Å². The number of nitrogens with two attached hydrogens (primary N) is 1. The molecule has 3 N–H and O–H groups in total. The Morgan fingerprint density at radius 2 is 2.04 bits per heavy atom. The number of carbonyl (C=O) groups is 1. The Morgan fingerprint density at radius 3 is 2.62 bits per heavy atom. The van der Waals surface area contributed by atoms with E-state index in [0.717, 1.165) is 18.4 Å². The highest BCUT2D eigenvalue weighted by Crippen LogP contribution is 2.28. The molecule has 1 unspecified atom stereocenters. The van der Waals surface area contributed by atoms with Crippen molar-refractivity contribution in [1.82, 2.24) is 5.32 Å². The van der Waals surface area contributed by atoms with Gasteiger partial charge in [0.2, 0.25) is 5.91 Å². The van der Waals surface area contributed by atoms with Gasteiger partial charge in [0.05, 0.1) is 20.3 Å². The van der Waals surface area contributed by atoms with E-state index >= 15 is 0 Å². The number of benzene rings is 1. The minimum absolute atomic E-state index is 0. The van der Waals surface area contributed by atoms with E-state index in [1.807, 2.05) is 25.1 Å². The molecule has 6 nitrogen and oxygen atoms in total. The van der Waals surface area contributed by atoms with E-state index in [4.69, 9.17) is 19.9 Å². The Balaban J connectivity index is 0.00000288. The summed E-state index contributed by atoms with van der Waals surface area (Å²) in [5.74, 6) is 1.32. The zero-order valence-corrected chi connectivity index (χ0v) is 15.2. The molecule has 24 heavy (non-hydrogen) atoms. The van der Waals surface area contributed by atoms with Gasteiger partial charge in [-0.1, -0.05) is 6.07 Å². The number of methoxy groups -OCH3 is 2. The lowest BCUT2D eigenvalue weighted by molar-refractivity contribution is -0.132. The molecule has 1 fully saturated rings. The van der Waals surface area contributed by atoms with E-state index in [2.05, 4.69) is 5.32 Å². The molecule has 136 valence electrons. The lowest BCUT2D eigenvalue weighted by Crippen LogP contribution is -2.41. The highest BCUT2D eigenvalue weighted by Gasteiger charge is 2.30. The van der Waals surface area contributed by atoms with Crippen LogP contribution in [0.1, 0.15) is 25.3 Å². The molecule has 0 radical (unpaired) electrons. The van der Waals surface area contributed by atoms with Gasteiger partial charge in [0, 0.05) is 12.6 Å². The molecule has 0 aliphatic carbocycles. The molecule has 2 rings (SSSR count). The van der Waals surface area contributed by atoms with Gasteiger partial charge in [0.15, 0.2) is 11.5 Å². The monoisotopic (exact) mass is 358 g/mol. The maximum atomic E-state index is 12.2. The topological polar surface area (TPSA) is 82.8 Å². The van der Waals surface area contributed by atoms with Crippen molar-refractivity contribution >= 4 is 18.3 Å². The van der Waals surface area contributed by atoms with Crippen LogP contribution < -0.4 is 20.5 Å². The average molecular weight is 359 g/mol. The summed E-state index contributed by atoms with van der Waals surface area (Å²) < 4.78 is 16.1. The first-order chi connectivity index (χ1) is 11.1. The van der Waals surface area contributed by atoms with Gasteiger partial charge in [-0.2, -0.15) is 0 Å². The third-order valence-electron chi connectivity index (χ3n) is 4.04. The number of nitrogens with one attached hydrogen (secondary N) is 1. The summed E-state index contributed by atoms with van der Waals surface area (Å²) in [6, 6.07) is 5.77. The van der Waals surface area contributed by atoms with Crippen molar-refractivity contribution in [2.45, 2.75) is 44.4 Å². The number of carbonyl (C=O) groups excluding carboxylic acids is 1. The largest absolute Gasteiger partial charge is 0.493 e. The van der Waals surface area contributed by atoms with Crippen molar-refractivity contribution in [2.75, 3.05) is 20.8 Å². The fraction of sp³-hybridized carbons (Fsp3) is 0.588. The molecule has 1 aliphatic rings. The fourth-order valence-corrected chi connectivity index (χ4v) is 2.82. The molecule has 1 heterocycles. The SMILES string of the molecule is COc1ccc(CC(C)NC(=O)[C@@H]2CC[C@H](CN)O2)cc1OC.Cl. The van der Waals surface area contributed by atoms with E-state index in [9.17, 15) is 4.79 Å². The Labute approximate surface area is 149 Å². The maximum absolute atomic E-state index is 12.2. The summed E-state index contributed by atoms with van der Waals surface area (Å²) >= 11 is 0. The van der Waals surface area contributed by atoms with Gasteiger partial charge in [0.25, 0.3) is 0 Å². The average Bonchev–Trinajstić information content (AvgIpc) is 3.03. The van der Waals surface area contributed by atoms with Crippen LogP contribution in [0.3, 0.4) is 0 Å². The minimum Gasteiger partial charge on any atom is -0.493 e. The molecular formula is C17H27ClN2O4. The van der Waals surface area contributed by atoms with Crippen molar-refractivity contribution < 1.29 is 19.0 Å². The van der Waals surface area contributed by atoms with Crippen LogP contribution in [0.4, 0.5) is 0 Å². The zero-order chi connectivity index (χ0) is 16.8. The summed E-state index contributed by atoms with van der Waals surface area (Å²) in [7, 11) is 3.22. The summed E-state index contributed by atoms with van der Waals surface area (Å²) in [5.41, 5.74) is 6.64. The predicted octanol–water partition coefficient (Wildman–Crippen LogP) is 1.68. The standard InChI is InChI=1S/C17H26N2O4.ClH/c1-11(19-17(20)15-7-5-13(10-18)23-15)8-12-4-6-14(21-2)16(9-12)22-3;/h4,6,9,11,13,15H,5,7-8,10,18H2,1-3H3,(H,19,20);1H/t11?,13-,15+;/m1./s1. The van der Waals surface area contributed by atoms with Crippen LogP contribution in [-0.4, -0.2) is 44.9 Å². The highest BCUT2D eigenvalue weighted by molar-refractivity contribution is 5.85. The van der Waals surface area contributed by atoms with Crippen LogP contribution in [0.2, 0.25) is 0 Å². The number of amides is 1. The van der Waals surface area contributed by atoms with Gasteiger partial charge in [-0.3, -0.25) is 4.79 Å². The molecule has 1 saturated heterocycles. The van der Waals surface area contributed by atoms with Crippen molar-refractivity contribution in [1.29, 1.82) is 0 Å². The first-order valence-corrected chi connectivity index (χ1v) is 7.94. The third-order valence-corrected chi connectivity index (χ3v) is 4.04. The van der Waals surface area contributed by atoms with Gasteiger partial charge in [0.1, 0.15) is 6.10 Å². The first-order valence-electron chi connectivity index (χ1n) is 7.94. The van der Waals surface area contributed by atoms with E-state index in [1.54, 1.807) is 14.2 Å². The number of halogens is 1. The Hall–Kier alpha value is -1.50. The molecule has 3 atom stereocenters. The lowest BCUT2D eigenvalue weighted by Gasteiger charge is -2.18. The number of hydrogen-bond acceptors (Lipinski definition) is 5. The quantitative estimate of drug-likeness (QED) is 0.774. The van der Waals surface area contributed by atoms with Crippen LogP contribution in [-0.2, 0) is 16.0 Å². The van der Waals surface area contributed by atoms with Crippen LogP contribution in [0.5, 0.6) is 11.5 Å².